The predicted molar refractivity (Wildman–Crippen MR) is 119 cm³/mol. The summed E-state index contributed by atoms with van der Waals surface area (Å²) in [4.78, 5) is 23.9. The lowest BCUT2D eigenvalue weighted by atomic mass is 9.80. The second-order valence-electron chi connectivity index (χ2n) is 7.77. The van der Waals surface area contributed by atoms with E-state index in [9.17, 15) is 9.59 Å². The third kappa shape index (κ3) is 8.24. The SMILES string of the molecule is CC(C)=CCCC1=CC[C@H](/C=N\NC(=O)CNC(=O)c2ccc(Cl)cc2)[C@H](C)C1. The van der Waals surface area contributed by atoms with Gasteiger partial charge in [-0.05, 0) is 69.7 Å². The fraction of sp³-hybridized carbons (Fsp3) is 0.435. The Bertz CT molecular complexity index is 793. The molecule has 1 aromatic rings. The van der Waals surface area contributed by atoms with Crippen molar-refractivity contribution < 1.29 is 9.59 Å². The van der Waals surface area contributed by atoms with Gasteiger partial charge in [-0.25, -0.2) is 5.43 Å². The molecule has 0 aliphatic heterocycles. The Hall–Kier alpha value is -2.40. The van der Waals surface area contributed by atoms with Gasteiger partial charge in [0.25, 0.3) is 11.8 Å². The number of nitrogens with one attached hydrogen (secondary N) is 2. The van der Waals surface area contributed by atoms with E-state index in [0.717, 1.165) is 25.7 Å². The number of carbonyl (C=O) groups is 2. The van der Waals surface area contributed by atoms with Crippen LogP contribution in [0.4, 0.5) is 0 Å². The molecule has 0 fully saturated rings. The van der Waals surface area contributed by atoms with Crippen LogP contribution in [0.1, 0.15) is 56.8 Å². The normalized spacial score (nSPS) is 18.8. The Morgan fingerprint density at radius 3 is 2.62 bits per heavy atom. The van der Waals surface area contributed by atoms with Gasteiger partial charge in [-0.15, -0.1) is 0 Å². The molecule has 29 heavy (non-hydrogen) atoms. The molecule has 0 aromatic heterocycles. The second kappa shape index (κ2) is 11.6. The van der Waals surface area contributed by atoms with Gasteiger partial charge in [-0.3, -0.25) is 9.59 Å². The predicted octanol–water partition coefficient (Wildman–Crippen LogP) is 4.89. The van der Waals surface area contributed by atoms with Gasteiger partial charge in [-0.1, -0.05) is 41.8 Å². The summed E-state index contributed by atoms with van der Waals surface area (Å²) in [6.45, 7) is 6.34. The molecule has 0 saturated carbocycles. The van der Waals surface area contributed by atoms with E-state index in [1.54, 1.807) is 24.3 Å². The highest BCUT2D eigenvalue weighted by Crippen LogP contribution is 2.30. The second-order valence-corrected chi connectivity index (χ2v) is 8.20. The standard InChI is InChI=1S/C23H30ClN3O2/c1-16(2)5-4-6-18-7-8-20(17(3)13-18)14-26-27-22(28)15-25-23(29)19-9-11-21(24)12-10-19/h5,7,9-12,14,17,20H,4,6,8,13,15H2,1-3H3,(H,25,29)(H,27,28)/b26-14-/t17-,20-/m1/s1. The smallest absolute Gasteiger partial charge is 0.259 e. The van der Waals surface area contributed by atoms with Crippen molar-refractivity contribution >= 4 is 29.6 Å². The topological polar surface area (TPSA) is 70.6 Å². The first-order valence-corrected chi connectivity index (χ1v) is 10.4. The Morgan fingerprint density at radius 2 is 1.97 bits per heavy atom. The highest BCUT2D eigenvalue weighted by Gasteiger charge is 2.20. The summed E-state index contributed by atoms with van der Waals surface area (Å²) in [5, 5.41) is 7.21. The van der Waals surface area contributed by atoms with Crippen LogP contribution in [0.2, 0.25) is 5.02 Å². The molecule has 1 aliphatic rings. The number of hydrazone groups is 1. The van der Waals surface area contributed by atoms with Crippen LogP contribution < -0.4 is 10.7 Å². The van der Waals surface area contributed by atoms with Crippen LogP contribution in [-0.2, 0) is 4.79 Å². The molecule has 2 amide bonds. The van der Waals surface area contributed by atoms with Crippen molar-refractivity contribution in [3.63, 3.8) is 0 Å². The van der Waals surface area contributed by atoms with Crippen LogP contribution in [0.5, 0.6) is 0 Å². The molecule has 1 aliphatic carbocycles. The average Bonchev–Trinajstić information content (AvgIpc) is 2.68. The van der Waals surface area contributed by atoms with Gasteiger partial charge in [0.2, 0.25) is 0 Å². The zero-order valence-electron chi connectivity index (χ0n) is 17.4. The molecule has 2 rings (SSSR count). The Labute approximate surface area is 178 Å². The third-order valence-corrected chi connectivity index (χ3v) is 5.23. The quantitative estimate of drug-likeness (QED) is 0.360. The number of amides is 2. The zero-order chi connectivity index (χ0) is 21.2. The number of benzene rings is 1. The van der Waals surface area contributed by atoms with Gasteiger partial charge in [0.05, 0.1) is 6.54 Å². The van der Waals surface area contributed by atoms with Crippen molar-refractivity contribution in [3.8, 4) is 0 Å². The maximum Gasteiger partial charge on any atom is 0.259 e. The van der Waals surface area contributed by atoms with Gasteiger partial charge >= 0.3 is 0 Å². The van der Waals surface area contributed by atoms with Gasteiger partial charge in [0, 0.05) is 22.7 Å². The molecule has 0 radical (unpaired) electrons. The highest BCUT2D eigenvalue weighted by molar-refractivity contribution is 6.30. The Kier molecular flexibility index (Phi) is 9.13. The lowest BCUT2D eigenvalue weighted by Crippen LogP contribution is -2.35. The Morgan fingerprint density at radius 1 is 1.24 bits per heavy atom. The molecule has 0 saturated heterocycles. The van der Waals surface area contributed by atoms with E-state index < -0.39 is 0 Å². The number of hydrogen-bond donors (Lipinski definition) is 2. The van der Waals surface area contributed by atoms with Gasteiger partial charge < -0.3 is 5.32 Å². The minimum Gasteiger partial charge on any atom is -0.343 e. The summed E-state index contributed by atoms with van der Waals surface area (Å²) in [7, 11) is 0. The molecule has 0 bridgehead atoms. The van der Waals surface area contributed by atoms with E-state index in [2.05, 4.69) is 48.8 Å². The highest BCUT2D eigenvalue weighted by atomic mass is 35.5. The molecule has 2 N–H and O–H groups in total. The summed E-state index contributed by atoms with van der Waals surface area (Å²) < 4.78 is 0. The van der Waals surface area contributed by atoms with E-state index in [4.69, 9.17) is 11.6 Å². The number of nitrogens with zero attached hydrogens (tertiary/aromatic N) is 1. The maximum atomic E-state index is 12.0. The molecule has 1 aromatic carbocycles. The van der Waals surface area contributed by atoms with Crippen LogP contribution in [0, 0.1) is 11.8 Å². The van der Waals surface area contributed by atoms with E-state index >= 15 is 0 Å². The first-order valence-electron chi connectivity index (χ1n) is 10.0. The average molecular weight is 416 g/mol. The van der Waals surface area contributed by atoms with E-state index in [-0.39, 0.29) is 18.4 Å². The van der Waals surface area contributed by atoms with Gasteiger partial charge in [0.1, 0.15) is 0 Å². The molecular formula is C23H30ClN3O2. The van der Waals surface area contributed by atoms with Gasteiger partial charge in [0.15, 0.2) is 0 Å². The van der Waals surface area contributed by atoms with Crippen LogP contribution in [0.3, 0.4) is 0 Å². The molecule has 2 atom stereocenters. The van der Waals surface area contributed by atoms with Crippen molar-refractivity contribution in [1.82, 2.24) is 10.7 Å². The molecule has 0 unspecified atom stereocenters. The van der Waals surface area contributed by atoms with Crippen LogP contribution in [-0.4, -0.2) is 24.6 Å². The summed E-state index contributed by atoms with van der Waals surface area (Å²) in [5.41, 5.74) is 5.81. The fourth-order valence-corrected chi connectivity index (χ4v) is 3.38. The molecule has 5 nitrogen and oxygen atoms in total. The van der Waals surface area contributed by atoms with E-state index in [1.165, 1.54) is 11.1 Å². The van der Waals surface area contributed by atoms with Crippen LogP contribution in [0.15, 0.2) is 52.7 Å². The van der Waals surface area contributed by atoms with Crippen molar-refractivity contribution in [2.45, 2.75) is 46.5 Å². The fourth-order valence-electron chi connectivity index (χ4n) is 3.25. The summed E-state index contributed by atoms with van der Waals surface area (Å²) >= 11 is 5.80. The monoisotopic (exact) mass is 415 g/mol. The van der Waals surface area contributed by atoms with E-state index in [0.29, 0.717) is 22.4 Å². The number of hydrogen-bond acceptors (Lipinski definition) is 3. The molecule has 156 valence electrons. The molecule has 0 heterocycles. The van der Waals surface area contributed by atoms with Gasteiger partial charge in [-0.2, -0.15) is 5.10 Å². The van der Waals surface area contributed by atoms with Crippen molar-refractivity contribution in [2.75, 3.05) is 6.54 Å². The maximum absolute atomic E-state index is 12.0. The van der Waals surface area contributed by atoms with Crippen molar-refractivity contribution in [2.24, 2.45) is 16.9 Å². The number of halogens is 1. The summed E-state index contributed by atoms with van der Waals surface area (Å²) in [6, 6.07) is 6.49. The third-order valence-electron chi connectivity index (χ3n) is 4.98. The van der Waals surface area contributed by atoms with Crippen LogP contribution in [0.25, 0.3) is 0 Å². The molecular weight excluding hydrogens is 386 g/mol. The Balaban J connectivity index is 1.72. The van der Waals surface area contributed by atoms with E-state index in [1.807, 2.05) is 6.21 Å². The minimum atomic E-state index is -0.357. The van der Waals surface area contributed by atoms with Crippen LogP contribution >= 0.6 is 11.6 Å². The summed E-state index contributed by atoms with van der Waals surface area (Å²) in [5.74, 6) is 0.121. The molecule has 0 spiro atoms. The van der Waals surface area contributed by atoms with Crippen molar-refractivity contribution in [3.05, 3.63) is 58.1 Å². The zero-order valence-corrected chi connectivity index (χ0v) is 18.1. The number of rotatable bonds is 8. The number of allylic oxidation sites excluding steroid dienone is 4. The van der Waals surface area contributed by atoms with Crippen molar-refractivity contribution in [1.29, 1.82) is 0 Å². The minimum absolute atomic E-state index is 0.132. The first kappa shape index (κ1) is 22.9. The lowest BCUT2D eigenvalue weighted by molar-refractivity contribution is -0.120. The lowest BCUT2D eigenvalue weighted by Gasteiger charge is -2.25. The summed E-state index contributed by atoms with van der Waals surface area (Å²) in [6.07, 6.45) is 10.6. The largest absolute Gasteiger partial charge is 0.343 e. The number of carbonyl (C=O) groups excluding carboxylic acids is 2. The first-order chi connectivity index (χ1) is 13.8. The molecule has 6 heteroatoms.